The molecule has 3 aliphatic heterocycles. The van der Waals surface area contributed by atoms with E-state index in [2.05, 4.69) is 15.2 Å². The molecule has 7 nitrogen and oxygen atoms in total. The first-order valence-electron chi connectivity index (χ1n) is 10.5. The number of ether oxygens (including phenoxy) is 1. The quantitative estimate of drug-likeness (QED) is 0.591. The van der Waals surface area contributed by atoms with Crippen LogP contribution in [0.5, 0.6) is 0 Å². The number of nitrogens with one attached hydrogen (secondary N) is 1. The van der Waals surface area contributed by atoms with Crippen LogP contribution in [0.3, 0.4) is 0 Å². The van der Waals surface area contributed by atoms with E-state index in [1.54, 1.807) is 7.05 Å². The molecule has 3 aliphatic rings. The van der Waals surface area contributed by atoms with Gasteiger partial charge in [0, 0.05) is 50.8 Å². The Labute approximate surface area is 177 Å². The van der Waals surface area contributed by atoms with Crippen molar-refractivity contribution in [2.24, 2.45) is 4.99 Å². The normalized spacial score (nSPS) is 26.0. The fraction of sp³-hybridized carbons (Fsp3) is 0.619. The number of guanidine groups is 1. The van der Waals surface area contributed by atoms with Crippen molar-refractivity contribution in [2.45, 2.75) is 31.5 Å². The number of carbonyl (C=O) groups is 1. The molecule has 1 aromatic rings. The Hall–Kier alpha value is -1.83. The molecule has 29 heavy (non-hydrogen) atoms. The molecule has 0 aromatic heterocycles. The van der Waals surface area contributed by atoms with Gasteiger partial charge in [0.05, 0.1) is 19.3 Å². The Kier molecular flexibility index (Phi) is 6.57. The number of nitrogens with zero attached hydrogens (tertiary/aromatic N) is 4. The first kappa shape index (κ1) is 20.4. The zero-order valence-corrected chi connectivity index (χ0v) is 17.8. The van der Waals surface area contributed by atoms with Crippen LogP contribution in [0.1, 0.15) is 18.4 Å². The van der Waals surface area contributed by atoms with Gasteiger partial charge in [0.2, 0.25) is 5.91 Å². The average molecular weight is 420 g/mol. The van der Waals surface area contributed by atoms with Gasteiger partial charge in [-0.25, -0.2) is 0 Å². The molecular weight excluding hydrogens is 390 g/mol. The highest BCUT2D eigenvalue weighted by atomic mass is 35.5. The number of morpholine rings is 1. The lowest BCUT2D eigenvalue weighted by Gasteiger charge is -2.38. The van der Waals surface area contributed by atoms with Gasteiger partial charge in [-0.15, -0.1) is 0 Å². The fourth-order valence-electron chi connectivity index (χ4n) is 4.41. The molecule has 158 valence electrons. The number of benzene rings is 1. The van der Waals surface area contributed by atoms with E-state index in [0.29, 0.717) is 30.7 Å². The predicted octanol–water partition coefficient (Wildman–Crippen LogP) is 1.42. The zero-order chi connectivity index (χ0) is 20.2. The van der Waals surface area contributed by atoms with Crippen LogP contribution in [0.25, 0.3) is 0 Å². The molecule has 2 atom stereocenters. The van der Waals surface area contributed by atoms with Gasteiger partial charge in [0.1, 0.15) is 0 Å². The molecule has 1 aromatic carbocycles. The molecular formula is C21H30ClN5O2. The molecule has 3 heterocycles. The maximum absolute atomic E-state index is 12.7. The first-order valence-corrected chi connectivity index (χ1v) is 10.8. The molecule has 2 unspecified atom stereocenters. The number of hydrogen-bond acceptors (Lipinski definition) is 4. The van der Waals surface area contributed by atoms with Gasteiger partial charge >= 0.3 is 0 Å². The van der Waals surface area contributed by atoms with E-state index in [1.807, 2.05) is 34.1 Å². The zero-order valence-electron chi connectivity index (χ0n) is 17.0. The fourth-order valence-corrected chi connectivity index (χ4v) is 4.54. The summed E-state index contributed by atoms with van der Waals surface area (Å²) in [6.45, 7) is 6.10. The van der Waals surface area contributed by atoms with Crippen LogP contribution in [0, 0.1) is 0 Å². The van der Waals surface area contributed by atoms with E-state index in [0.717, 1.165) is 37.8 Å². The average Bonchev–Trinajstić information content (AvgIpc) is 3.20. The topological polar surface area (TPSA) is 60.4 Å². The van der Waals surface area contributed by atoms with Gasteiger partial charge in [0.25, 0.3) is 0 Å². The second-order valence-electron chi connectivity index (χ2n) is 8.04. The minimum atomic E-state index is 0.114. The Morgan fingerprint density at radius 1 is 1.28 bits per heavy atom. The highest BCUT2D eigenvalue weighted by Gasteiger charge is 2.32. The summed E-state index contributed by atoms with van der Waals surface area (Å²) >= 11 is 5.95. The van der Waals surface area contributed by atoms with Crippen LogP contribution in [-0.2, 0) is 16.1 Å². The Bertz CT molecular complexity index is 741. The third-order valence-corrected chi connectivity index (χ3v) is 6.32. The lowest BCUT2D eigenvalue weighted by Crippen LogP contribution is -2.56. The molecule has 8 heteroatoms. The van der Waals surface area contributed by atoms with Crippen molar-refractivity contribution in [1.29, 1.82) is 0 Å². The highest BCUT2D eigenvalue weighted by molar-refractivity contribution is 6.30. The third kappa shape index (κ3) is 5.02. The van der Waals surface area contributed by atoms with E-state index in [4.69, 9.17) is 16.3 Å². The number of halogens is 1. The molecule has 0 saturated carbocycles. The third-order valence-electron chi connectivity index (χ3n) is 6.07. The maximum Gasteiger partial charge on any atom is 0.242 e. The summed E-state index contributed by atoms with van der Waals surface area (Å²) in [5, 5.41) is 4.13. The Morgan fingerprint density at radius 3 is 2.86 bits per heavy atom. The number of rotatable bonds is 4. The minimum Gasteiger partial charge on any atom is -0.373 e. The van der Waals surface area contributed by atoms with Crippen molar-refractivity contribution >= 4 is 23.5 Å². The van der Waals surface area contributed by atoms with Gasteiger partial charge in [0.15, 0.2) is 5.96 Å². The van der Waals surface area contributed by atoms with Gasteiger partial charge < -0.3 is 19.9 Å². The summed E-state index contributed by atoms with van der Waals surface area (Å²) in [5.41, 5.74) is 1.09. The highest BCUT2D eigenvalue weighted by Crippen LogP contribution is 2.22. The summed E-state index contributed by atoms with van der Waals surface area (Å²) in [7, 11) is 1.77. The van der Waals surface area contributed by atoms with Gasteiger partial charge in [-0.3, -0.25) is 14.7 Å². The van der Waals surface area contributed by atoms with Crippen LogP contribution < -0.4 is 5.32 Å². The van der Waals surface area contributed by atoms with Crippen molar-refractivity contribution < 1.29 is 9.53 Å². The van der Waals surface area contributed by atoms with Crippen molar-refractivity contribution in [2.75, 3.05) is 52.9 Å². The number of carbonyl (C=O) groups excluding carboxylic acids is 1. The summed E-state index contributed by atoms with van der Waals surface area (Å²) in [6.07, 6.45) is 2.70. The number of hydrogen-bond donors (Lipinski definition) is 1. The minimum absolute atomic E-state index is 0.114. The largest absolute Gasteiger partial charge is 0.373 e. The first-order chi connectivity index (χ1) is 14.1. The van der Waals surface area contributed by atoms with Crippen LogP contribution in [0.15, 0.2) is 29.3 Å². The molecule has 3 saturated heterocycles. The maximum atomic E-state index is 12.7. The molecule has 4 rings (SSSR count). The molecule has 0 bridgehead atoms. The molecule has 0 aliphatic carbocycles. The van der Waals surface area contributed by atoms with E-state index >= 15 is 0 Å². The summed E-state index contributed by atoms with van der Waals surface area (Å²) in [5.74, 6) is 0.889. The smallest absolute Gasteiger partial charge is 0.242 e. The second kappa shape index (κ2) is 9.32. The number of aliphatic imine (C=N–C) groups is 1. The van der Waals surface area contributed by atoms with Crippen LogP contribution in [-0.4, -0.2) is 91.6 Å². The van der Waals surface area contributed by atoms with E-state index in [9.17, 15) is 4.79 Å². The standard InChI is InChI=1S/C21H30ClN5O2/c1-23-21(24-11-19-13-25-8-2-3-18(25)15-29-19)27-10-9-26(20(28)14-27)12-16-4-6-17(22)7-5-16/h4-7,18-19H,2-3,8-15H2,1H3,(H,23,24). The van der Waals surface area contributed by atoms with Crippen LogP contribution in [0.4, 0.5) is 0 Å². The molecule has 1 amide bonds. The van der Waals surface area contributed by atoms with Crippen molar-refractivity contribution in [3.63, 3.8) is 0 Å². The lowest BCUT2D eigenvalue weighted by atomic mass is 10.2. The molecule has 3 fully saturated rings. The van der Waals surface area contributed by atoms with Gasteiger partial charge in [-0.1, -0.05) is 23.7 Å². The van der Waals surface area contributed by atoms with E-state index in [-0.39, 0.29) is 12.0 Å². The summed E-state index contributed by atoms with van der Waals surface area (Å²) in [4.78, 5) is 23.5. The van der Waals surface area contributed by atoms with Crippen molar-refractivity contribution in [3.05, 3.63) is 34.9 Å². The molecule has 0 radical (unpaired) electrons. The SMILES string of the molecule is CN=C(NCC1CN2CCCC2CO1)N1CCN(Cc2ccc(Cl)cc2)C(=O)C1. The predicted molar refractivity (Wildman–Crippen MR) is 114 cm³/mol. The Balaban J connectivity index is 1.26. The van der Waals surface area contributed by atoms with E-state index in [1.165, 1.54) is 19.4 Å². The number of fused-ring (bicyclic) bond motifs is 1. The lowest BCUT2D eigenvalue weighted by molar-refractivity contribution is -0.135. The monoisotopic (exact) mass is 419 g/mol. The van der Waals surface area contributed by atoms with Crippen LogP contribution in [0.2, 0.25) is 5.02 Å². The van der Waals surface area contributed by atoms with Gasteiger partial charge in [-0.2, -0.15) is 0 Å². The van der Waals surface area contributed by atoms with E-state index < -0.39 is 0 Å². The molecule has 0 spiro atoms. The van der Waals surface area contributed by atoms with Gasteiger partial charge in [-0.05, 0) is 37.1 Å². The summed E-state index contributed by atoms with van der Waals surface area (Å²) < 4.78 is 6.02. The van der Waals surface area contributed by atoms with Crippen LogP contribution >= 0.6 is 11.6 Å². The summed E-state index contributed by atoms with van der Waals surface area (Å²) in [6, 6.07) is 8.27. The molecule has 1 N–H and O–H groups in total. The second-order valence-corrected chi connectivity index (χ2v) is 8.47. The van der Waals surface area contributed by atoms with Crippen molar-refractivity contribution in [3.8, 4) is 0 Å². The number of piperazine rings is 1. The Morgan fingerprint density at radius 2 is 2.10 bits per heavy atom. The van der Waals surface area contributed by atoms with Crippen molar-refractivity contribution in [1.82, 2.24) is 20.0 Å². The number of amides is 1.